The second kappa shape index (κ2) is 8.66. The summed E-state index contributed by atoms with van der Waals surface area (Å²) in [4.78, 5) is 13.1. The van der Waals surface area contributed by atoms with Crippen LogP contribution in [0.15, 0.2) is 43.0 Å². The number of thioether (sulfide) groups is 1. The SMILES string of the molecule is C=CCn1c(-c2ccccc2)nn(C[NH+]2CCS[C@@H](C(=O)OC)C2)c1=S. The normalized spacial score (nSPS) is 19.9. The Morgan fingerprint density at radius 3 is 2.96 bits per heavy atom. The number of benzene rings is 1. The molecule has 138 valence electrons. The van der Waals surface area contributed by atoms with Gasteiger partial charge in [0.2, 0.25) is 4.77 Å². The molecule has 3 rings (SSSR count). The van der Waals surface area contributed by atoms with Gasteiger partial charge >= 0.3 is 5.97 Å². The van der Waals surface area contributed by atoms with Gasteiger partial charge < -0.3 is 9.64 Å². The second-order valence-electron chi connectivity index (χ2n) is 6.12. The van der Waals surface area contributed by atoms with E-state index in [1.165, 1.54) is 12.0 Å². The molecule has 26 heavy (non-hydrogen) atoms. The summed E-state index contributed by atoms with van der Waals surface area (Å²) >= 11 is 7.31. The molecule has 1 fully saturated rings. The Hall–Kier alpha value is -1.90. The molecule has 0 radical (unpaired) electrons. The van der Waals surface area contributed by atoms with Crippen LogP contribution in [-0.2, 0) is 22.7 Å². The van der Waals surface area contributed by atoms with E-state index in [9.17, 15) is 4.79 Å². The average molecular weight is 392 g/mol. The van der Waals surface area contributed by atoms with Crippen LogP contribution in [0.3, 0.4) is 0 Å². The molecular formula is C18H23N4O2S2+. The van der Waals surface area contributed by atoms with E-state index in [1.807, 2.05) is 45.7 Å². The summed E-state index contributed by atoms with van der Waals surface area (Å²) < 4.78 is 9.42. The molecule has 2 heterocycles. The number of carbonyl (C=O) groups is 1. The van der Waals surface area contributed by atoms with Crippen molar-refractivity contribution in [2.24, 2.45) is 0 Å². The third kappa shape index (κ3) is 4.08. The fourth-order valence-electron chi connectivity index (χ4n) is 3.05. The number of quaternary nitrogens is 1. The monoisotopic (exact) mass is 391 g/mol. The zero-order valence-corrected chi connectivity index (χ0v) is 16.4. The molecule has 0 amide bonds. The third-order valence-corrected chi connectivity index (χ3v) is 5.99. The van der Waals surface area contributed by atoms with Crippen molar-refractivity contribution in [2.75, 3.05) is 26.0 Å². The second-order valence-corrected chi connectivity index (χ2v) is 7.79. The maximum Gasteiger partial charge on any atom is 0.324 e. The fraction of sp³-hybridized carbons (Fsp3) is 0.389. The minimum absolute atomic E-state index is 0.123. The van der Waals surface area contributed by atoms with Gasteiger partial charge in [0.25, 0.3) is 0 Å². The van der Waals surface area contributed by atoms with E-state index in [-0.39, 0.29) is 11.2 Å². The molecule has 1 unspecified atom stereocenters. The van der Waals surface area contributed by atoms with Crippen LogP contribution >= 0.6 is 24.0 Å². The maximum absolute atomic E-state index is 11.8. The first-order valence-electron chi connectivity index (χ1n) is 8.51. The molecule has 0 aliphatic carbocycles. The highest BCUT2D eigenvalue weighted by Gasteiger charge is 2.30. The summed E-state index contributed by atoms with van der Waals surface area (Å²) in [5, 5.41) is 4.64. The van der Waals surface area contributed by atoms with E-state index in [2.05, 4.69) is 6.58 Å². The van der Waals surface area contributed by atoms with E-state index in [0.29, 0.717) is 24.5 Å². The molecule has 1 aromatic heterocycles. The van der Waals surface area contributed by atoms with Crippen LogP contribution < -0.4 is 4.90 Å². The highest BCUT2D eigenvalue weighted by molar-refractivity contribution is 8.00. The number of nitrogens with zero attached hydrogens (tertiary/aromatic N) is 3. The van der Waals surface area contributed by atoms with Crippen LogP contribution in [0.5, 0.6) is 0 Å². The van der Waals surface area contributed by atoms with E-state index >= 15 is 0 Å². The van der Waals surface area contributed by atoms with Crippen molar-refractivity contribution in [3.8, 4) is 11.4 Å². The molecule has 2 atom stereocenters. The lowest BCUT2D eigenvalue weighted by Crippen LogP contribution is -3.14. The third-order valence-electron chi connectivity index (χ3n) is 4.35. The zero-order chi connectivity index (χ0) is 18.5. The maximum atomic E-state index is 11.8. The molecular weight excluding hydrogens is 368 g/mol. The predicted molar refractivity (Wildman–Crippen MR) is 106 cm³/mol. The highest BCUT2D eigenvalue weighted by atomic mass is 32.2. The topological polar surface area (TPSA) is 53.5 Å². The Bertz CT molecular complexity index is 831. The van der Waals surface area contributed by atoms with Crippen LogP contribution in [0.2, 0.25) is 0 Å². The van der Waals surface area contributed by atoms with Gasteiger partial charge in [-0.1, -0.05) is 36.4 Å². The molecule has 2 aromatic rings. The number of methoxy groups -OCH3 is 1. The van der Waals surface area contributed by atoms with Gasteiger partial charge in [0.1, 0.15) is 6.54 Å². The number of allylic oxidation sites excluding steroid dienone is 1. The van der Waals surface area contributed by atoms with E-state index in [1.54, 1.807) is 11.8 Å². The summed E-state index contributed by atoms with van der Waals surface area (Å²) in [5.41, 5.74) is 1.02. The van der Waals surface area contributed by atoms with Crippen LogP contribution in [0, 0.1) is 4.77 Å². The molecule has 1 aromatic carbocycles. The van der Waals surface area contributed by atoms with Crippen molar-refractivity contribution >= 4 is 29.9 Å². The largest absolute Gasteiger partial charge is 0.468 e. The van der Waals surface area contributed by atoms with Gasteiger partial charge in [-0.15, -0.1) is 23.4 Å². The average Bonchev–Trinajstić information content (AvgIpc) is 2.98. The number of hydrogen-bond donors (Lipinski definition) is 1. The minimum Gasteiger partial charge on any atom is -0.468 e. The fourth-order valence-corrected chi connectivity index (χ4v) is 4.59. The van der Waals surface area contributed by atoms with E-state index < -0.39 is 0 Å². The quantitative estimate of drug-likeness (QED) is 0.458. The Labute approximate surface area is 162 Å². The van der Waals surface area contributed by atoms with Crippen molar-refractivity contribution in [1.29, 1.82) is 0 Å². The number of ether oxygens (including phenoxy) is 1. The predicted octanol–water partition coefficient (Wildman–Crippen LogP) is 1.40. The summed E-state index contributed by atoms with van der Waals surface area (Å²) in [6, 6.07) is 10.0. The summed E-state index contributed by atoms with van der Waals surface area (Å²) in [6.07, 6.45) is 1.83. The molecule has 1 N–H and O–H groups in total. The van der Waals surface area contributed by atoms with Crippen molar-refractivity contribution in [3.05, 3.63) is 47.8 Å². The molecule has 0 bridgehead atoms. The van der Waals surface area contributed by atoms with Gasteiger partial charge in [0, 0.05) is 17.9 Å². The zero-order valence-electron chi connectivity index (χ0n) is 14.8. The first-order valence-corrected chi connectivity index (χ1v) is 9.96. The molecule has 0 spiro atoms. The Morgan fingerprint density at radius 1 is 1.50 bits per heavy atom. The smallest absolute Gasteiger partial charge is 0.324 e. The highest BCUT2D eigenvalue weighted by Crippen LogP contribution is 2.18. The number of hydrogen-bond acceptors (Lipinski definition) is 5. The van der Waals surface area contributed by atoms with Crippen molar-refractivity contribution in [1.82, 2.24) is 14.3 Å². The van der Waals surface area contributed by atoms with Gasteiger partial charge in [-0.3, -0.25) is 9.36 Å². The van der Waals surface area contributed by atoms with Crippen molar-refractivity contribution in [2.45, 2.75) is 18.5 Å². The van der Waals surface area contributed by atoms with Crippen LogP contribution in [-0.4, -0.2) is 51.5 Å². The lowest BCUT2D eigenvalue weighted by atomic mass is 10.2. The molecule has 1 saturated heterocycles. The number of esters is 1. The van der Waals surface area contributed by atoms with Gasteiger partial charge in [0.05, 0.1) is 13.7 Å². The van der Waals surface area contributed by atoms with Crippen LogP contribution in [0.25, 0.3) is 11.4 Å². The Balaban J connectivity index is 1.85. The van der Waals surface area contributed by atoms with Gasteiger partial charge in [-0.25, -0.2) is 0 Å². The molecule has 0 saturated carbocycles. The van der Waals surface area contributed by atoms with Gasteiger partial charge in [-0.2, -0.15) is 4.68 Å². The Morgan fingerprint density at radius 2 is 2.27 bits per heavy atom. The van der Waals surface area contributed by atoms with Crippen LogP contribution in [0.4, 0.5) is 0 Å². The van der Waals surface area contributed by atoms with E-state index in [4.69, 9.17) is 22.1 Å². The summed E-state index contributed by atoms with van der Waals surface area (Å²) in [6.45, 7) is 6.76. The lowest BCUT2D eigenvalue weighted by molar-refractivity contribution is -0.921. The summed E-state index contributed by atoms with van der Waals surface area (Å²) in [5.74, 6) is 1.60. The standard InChI is InChI=1S/C18H22N4O2S2/c1-3-9-21-16(14-7-5-4-6-8-14)19-22(18(21)25)13-20-10-11-26-15(12-20)17(23)24-2/h3-8,15H,1,9-13H2,2H3/p+1/t15-/m1/s1. The van der Waals surface area contributed by atoms with Crippen molar-refractivity contribution < 1.29 is 14.4 Å². The molecule has 1 aliphatic heterocycles. The molecule has 8 heteroatoms. The Kier molecular flexibility index (Phi) is 6.29. The first kappa shape index (κ1) is 18.9. The van der Waals surface area contributed by atoms with E-state index in [0.717, 1.165) is 23.7 Å². The van der Waals surface area contributed by atoms with Crippen LogP contribution in [0.1, 0.15) is 0 Å². The van der Waals surface area contributed by atoms with Gasteiger partial charge in [0.15, 0.2) is 17.7 Å². The lowest BCUT2D eigenvalue weighted by Gasteiger charge is -2.27. The van der Waals surface area contributed by atoms with Crippen molar-refractivity contribution in [3.63, 3.8) is 0 Å². The number of carbonyl (C=O) groups excluding carboxylic acids is 1. The number of aromatic nitrogens is 3. The molecule has 1 aliphatic rings. The molecule has 6 nitrogen and oxygen atoms in total. The first-order chi connectivity index (χ1) is 12.6. The number of nitrogens with one attached hydrogen (secondary N) is 1. The number of rotatable bonds is 6. The summed E-state index contributed by atoms with van der Waals surface area (Å²) in [7, 11) is 1.44. The minimum atomic E-state index is -0.155. The van der Waals surface area contributed by atoms with Gasteiger partial charge in [-0.05, 0) is 12.2 Å².